The number of hydrogen-bond acceptors (Lipinski definition) is 4. The summed E-state index contributed by atoms with van der Waals surface area (Å²) in [5, 5.41) is 25.6. The number of para-hydroxylation sites is 1. The van der Waals surface area contributed by atoms with Crippen molar-refractivity contribution in [2.75, 3.05) is 0 Å². The Labute approximate surface area is 224 Å². The number of benzene rings is 1. The van der Waals surface area contributed by atoms with E-state index in [0.717, 1.165) is 16.5 Å². The number of carbonyl (C=O) groups excluding carboxylic acids is 2. The lowest BCUT2D eigenvalue weighted by Crippen LogP contribution is -2.52. The number of rotatable bonds is 2. The number of allylic oxidation sites excluding steroid dienone is 6. The van der Waals surface area contributed by atoms with Gasteiger partial charge in [-0.05, 0) is 67.9 Å². The Morgan fingerprint density at radius 3 is 2.58 bits per heavy atom. The van der Waals surface area contributed by atoms with Crippen molar-refractivity contribution in [2.45, 2.75) is 58.8 Å². The summed E-state index contributed by atoms with van der Waals surface area (Å²) in [6, 6.07) is 7.87. The molecule has 38 heavy (non-hydrogen) atoms. The Kier molecular flexibility index (Phi) is 7.05. The molecule has 2 aliphatic carbocycles. The average Bonchev–Trinajstić information content (AvgIpc) is 3.43. The average molecular weight is 515 g/mol. The summed E-state index contributed by atoms with van der Waals surface area (Å²) in [5.74, 6) is -1.15. The van der Waals surface area contributed by atoms with Gasteiger partial charge in [0.1, 0.15) is 17.6 Å². The minimum Gasteiger partial charge on any atom is -0.386 e. The Hall–Kier alpha value is -3.22. The Bertz CT molecular complexity index is 1360. The number of aromatic amines is 1. The topological polar surface area (TPSA) is 102 Å². The second kappa shape index (κ2) is 10.2. The van der Waals surface area contributed by atoms with Crippen LogP contribution in [-0.4, -0.2) is 45.1 Å². The molecule has 0 radical (unpaired) electrons. The van der Waals surface area contributed by atoms with Gasteiger partial charge < -0.3 is 20.5 Å². The largest absolute Gasteiger partial charge is 0.386 e. The van der Waals surface area contributed by atoms with Crippen LogP contribution in [0.25, 0.3) is 10.9 Å². The van der Waals surface area contributed by atoms with Gasteiger partial charge in [0.05, 0.1) is 0 Å². The van der Waals surface area contributed by atoms with E-state index in [-0.39, 0.29) is 35.5 Å². The molecule has 8 atom stereocenters. The van der Waals surface area contributed by atoms with Gasteiger partial charge in [-0.3, -0.25) is 9.59 Å². The summed E-state index contributed by atoms with van der Waals surface area (Å²) in [6.45, 7) is 8.03. The van der Waals surface area contributed by atoms with Crippen LogP contribution in [0.4, 0.5) is 0 Å². The van der Waals surface area contributed by atoms with Crippen molar-refractivity contribution in [3.63, 3.8) is 0 Å². The fraction of sp³-hybridized carbons (Fsp3) is 0.438. The molecule has 5 rings (SSSR count). The molecule has 1 spiro atoms. The van der Waals surface area contributed by atoms with Crippen molar-refractivity contribution < 1.29 is 19.8 Å². The molecule has 6 heteroatoms. The predicted octanol–water partition coefficient (Wildman–Crippen LogP) is 4.41. The smallest absolute Gasteiger partial charge is 0.235 e. The van der Waals surface area contributed by atoms with Crippen LogP contribution in [0.1, 0.15) is 39.7 Å². The Balaban J connectivity index is 1.61. The SMILES string of the molecule is CC1=C[C@@H]2/C=C\C[C@H](C)/C=C(/C)[C@@H](O)[C@@H](O)/C=C\C(=O)[C@]23C(=O)N[C@@H](Cc2c[nH]c4ccccc24)[C@@H]3[C@@H]1C. The molecule has 0 saturated carbocycles. The lowest BCUT2D eigenvalue weighted by Gasteiger charge is -2.44. The van der Waals surface area contributed by atoms with Crippen LogP contribution >= 0.6 is 0 Å². The highest BCUT2D eigenvalue weighted by Gasteiger charge is 2.64. The second-order valence-electron chi connectivity index (χ2n) is 11.5. The molecular weight excluding hydrogens is 476 g/mol. The number of ketones is 1. The van der Waals surface area contributed by atoms with Gasteiger partial charge in [0.15, 0.2) is 5.78 Å². The van der Waals surface area contributed by atoms with E-state index in [2.05, 4.69) is 49.3 Å². The standard InChI is InChI=1S/C32H38N2O4/c1-18-8-7-9-23-15-19(2)21(4)29-26(16-22-17-33-25-11-6-5-10-24(22)25)34-31(38)32(23,29)28(36)13-12-27(35)30(37)20(3)14-18/h5-7,9-15,17-18,21,23,26-27,29-30,33,35,37H,8,16H2,1-4H3,(H,34,38)/b9-7-,13-12-,20-14-/t18-,21+,23-,26-,27-,29-,30+,32+/m0/s1. The zero-order valence-electron chi connectivity index (χ0n) is 22.5. The third-order valence-electron chi connectivity index (χ3n) is 9.03. The third-order valence-corrected chi connectivity index (χ3v) is 9.03. The molecule has 6 nitrogen and oxygen atoms in total. The van der Waals surface area contributed by atoms with Crippen LogP contribution in [0.5, 0.6) is 0 Å². The fourth-order valence-electron chi connectivity index (χ4n) is 6.93. The van der Waals surface area contributed by atoms with Gasteiger partial charge in [-0.1, -0.05) is 61.9 Å². The van der Waals surface area contributed by atoms with Crippen LogP contribution in [0.3, 0.4) is 0 Å². The minimum absolute atomic E-state index is 0.000174. The summed E-state index contributed by atoms with van der Waals surface area (Å²) >= 11 is 0. The van der Waals surface area contributed by atoms with Crippen LogP contribution in [0, 0.1) is 29.1 Å². The molecule has 200 valence electrons. The molecule has 1 aromatic heterocycles. The van der Waals surface area contributed by atoms with Crippen molar-refractivity contribution in [3.8, 4) is 0 Å². The molecule has 2 aromatic rings. The molecule has 1 aliphatic heterocycles. The normalized spacial score (nSPS) is 38.9. The molecule has 1 amide bonds. The number of amides is 1. The summed E-state index contributed by atoms with van der Waals surface area (Å²) in [7, 11) is 0. The van der Waals surface area contributed by atoms with E-state index >= 15 is 0 Å². The quantitative estimate of drug-likeness (QED) is 0.352. The zero-order chi connectivity index (χ0) is 27.2. The fourth-order valence-corrected chi connectivity index (χ4v) is 6.93. The van der Waals surface area contributed by atoms with E-state index in [9.17, 15) is 19.8 Å². The van der Waals surface area contributed by atoms with Gasteiger partial charge in [0.2, 0.25) is 5.91 Å². The number of carbonyl (C=O) groups is 2. The van der Waals surface area contributed by atoms with Gasteiger partial charge in [-0.25, -0.2) is 0 Å². The summed E-state index contributed by atoms with van der Waals surface area (Å²) in [5.41, 5.74) is 2.65. The molecule has 3 aliphatic rings. The molecular formula is C32H38N2O4. The van der Waals surface area contributed by atoms with Crippen molar-refractivity contribution in [1.29, 1.82) is 0 Å². The molecule has 1 aromatic carbocycles. The lowest BCUT2D eigenvalue weighted by molar-refractivity contribution is -0.142. The van der Waals surface area contributed by atoms with E-state index < -0.39 is 23.5 Å². The van der Waals surface area contributed by atoms with E-state index in [4.69, 9.17) is 0 Å². The zero-order valence-corrected chi connectivity index (χ0v) is 22.5. The first-order valence-corrected chi connectivity index (χ1v) is 13.6. The van der Waals surface area contributed by atoms with Gasteiger partial charge in [-0.15, -0.1) is 0 Å². The molecule has 0 unspecified atom stereocenters. The number of nitrogens with one attached hydrogen (secondary N) is 2. The number of fused-ring (bicyclic) bond motifs is 1. The molecule has 2 heterocycles. The molecule has 4 N–H and O–H groups in total. The maximum Gasteiger partial charge on any atom is 0.235 e. The molecule has 1 saturated heterocycles. The van der Waals surface area contributed by atoms with Crippen LogP contribution in [0.2, 0.25) is 0 Å². The highest BCUT2D eigenvalue weighted by atomic mass is 16.3. The minimum atomic E-state index is -1.33. The first kappa shape index (κ1) is 26.4. The van der Waals surface area contributed by atoms with Gasteiger partial charge >= 0.3 is 0 Å². The predicted molar refractivity (Wildman–Crippen MR) is 149 cm³/mol. The first-order valence-electron chi connectivity index (χ1n) is 13.6. The van der Waals surface area contributed by atoms with Crippen LogP contribution < -0.4 is 5.32 Å². The number of aliphatic hydroxyl groups excluding tert-OH is 2. The summed E-state index contributed by atoms with van der Waals surface area (Å²) in [6.07, 6.45) is 11.7. The van der Waals surface area contributed by atoms with Crippen LogP contribution in [-0.2, 0) is 16.0 Å². The van der Waals surface area contributed by atoms with E-state index in [0.29, 0.717) is 18.4 Å². The maximum absolute atomic E-state index is 14.2. The summed E-state index contributed by atoms with van der Waals surface area (Å²) < 4.78 is 0. The lowest BCUT2D eigenvalue weighted by atomic mass is 9.55. The maximum atomic E-state index is 14.2. The van der Waals surface area contributed by atoms with Gasteiger partial charge in [0.25, 0.3) is 0 Å². The van der Waals surface area contributed by atoms with E-state index in [1.807, 2.05) is 36.5 Å². The highest BCUT2D eigenvalue weighted by molar-refractivity contribution is 6.13. The van der Waals surface area contributed by atoms with Crippen molar-refractivity contribution in [3.05, 3.63) is 83.6 Å². The number of aliphatic hydroxyl groups is 2. The second-order valence-corrected chi connectivity index (χ2v) is 11.5. The third kappa shape index (κ3) is 4.30. The van der Waals surface area contributed by atoms with Gasteiger partial charge in [0, 0.05) is 35.0 Å². The van der Waals surface area contributed by atoms with E-state index in [1.165, 1.54) is 17.7 Å². The number of H-pyrrole nitrogens is 1. The first-order chi connectivity index (χ1) is 18.1. The van der Waals surface area contributed by atoms with E-state index in [1.54, 1.807) is 6.92 Å². The van der Waals surface area contributed by atoms with Crippen molar-refractivity contribution in [2.24, 2.45) is 29.1 Å². The Morgan fingerprint density at radius 1 is 1.03 bits per heavy atom. The van der Waals surface area contributed by atoms with Crippen molar-refractivity contribution >= 4 is 22.6 Å². The molecule has 0 bridgehead atoms. The number of hydrogen-bond donors (Lipinski definition) is 4. The molecule has 1 fully saturated rings. The highest BCUT2D eigenvalue weighted by Crippen LogP contribution is 2.54. The van der Waals surface area contributed by atoms with Crippen LogP contribution in [0.15, 0.2) is 78.1 Å². The van der Waals surface area contributed by atoms with Gasteiger partial charge in [-0.2, -0.15) is 0 Å². The Morgan fingerprint density at radius 2 is 1.79 bits per heavy atom. The summed E-state index contributed by atoms with van der Waals surface area (Å²) in [4.78, 5) is 31.5. The number of aromatic nitrogens is 1. The monoisotopic (exact) mass is 514 g/mol. The van der Waals surface area contributed by atoms with Crippen molar-refractivity contribution in [1.82, 2.24) is 10.3 Å².